The average Bonchev–Trinajstić information content (AvgIpc) is 3.79. The van der Waals surface area contributed by atoms with Crippen LogP contribution in [0.25, 0.3) is 10.4 Å². The number of esters is 1. The summed E-state index contributed by atoms with van der Waals surface area (Å²) in [5.41, 5.74) is 10.6. The van der Waals surface area contributed by atoms with Gasteiger partial charge in [-0.3, -0.25) is 19.2 Å². The van der Waals surface area contributed by atoms with Crippen molar-refractivity contribution in [1.82, 2.24) is 20.0 Å². The fraction of sp³-hybridized carbons (Fsp3) is 0.633. The highest BCUT2D eigenvalue weighted by molar-refractivity contribution is 5.92. The van der Waals surface area contributed by atoms with Gasteiger partial charge in [-0.25, -0.2) is 9.59 Å². The van der Waals surface area contributed by atoms with Crippen LogP contribution in [-0.4, -0.2) is 129 Å². The summed E-state index contributed by atoms with van der Waals surface area (Å²) in [5, 5.41) is 6.40. The number of likely N-dealkylation sites (N-methyl/N-ethyl adjacent to an activating group) is 2. The van der Waals surface area contributed by atoms with Gasteiger partial charge in [0.15, 0.2) is 5.78 Å². The van der Waals surface area contributed by atoms with Crippen LogP contribution in [0.3, 0.4) is 0 Å². The van der Waals surface area contributed by atoms with Crippen molar-refractivity contribution >= 4 is 41.3 Å². The van der Waals surface area contributed by atoms with Gasteiger partial charge < -0.3 is 39.0 Å². The standard InChI is InChI=1S/C49H73N7O10/c1-13-32(6)44(54(8)47(60)37(30(2)3)27-40(57)43(31(4)5)55(9)49(62)66-29-35-21-23-36(24-22-35)52-53-50)41(63-10)28-42(58)56-25-17-20-39(56)45(64-11)33(7)46(59)51-38(48(61)65-12)26-34-18-15-14-16-19-34/h14-16,18-19,21-24,30-33,37-39,41,43-45H,13,17,20,25-29H2,1-12H3,(H,51,59)/t32-,33+,37-,38-,39-,41+,43-,44-,45+/m0/s1. The number of ketones is 1. The predicted octanol–water partition coefficient (Wildman–Crippen LogP) is 7.27. The van der Waals surface area contributed by atoms with Gasteiger partial charge >= 0.3 is 12.1 Å². The zero-order valence-electron chi connectivity index (χ0n) is 41.0. The first-order chi connectivity index (χ1) is 31.3. The molecule has 0 aromatic heterocycles. The van der Waals surface area contributed by atoms with Crippen molar-refractivity contribution in [3.63, 3.8) is 0 Å². The highest BCUT2D eigenvalue weighted by atomic mass is 16.6. The van der Waals surface area contributed by atoms with Crippen LogP contribution in [0.1, 0.15) is 91.7 Å². The lowest BCUT2D eigenvalue weighted by Crippen LogP contribution is -2.55. The van der Waals surface area contributed by atoms with Crippen LogP contribution in [0, 0.1) is 29.6 Å². The number of benzene rings is 2. The Balaban J connectivity index is 1.77. The molecule has 0 bridgehead atoms. The molecule has 364 valence electrons. The maximum Gasteiger partial charge on any atom is 0.410 e. The fourth-order valence-electron chi connectivity index (χ4n) is 9.11. The van der Waals surface area contributed by atoms with Gasteiger partial charge in [0.25, 0.3) is 0 Å². The molecule has 4 amide bonds. The number of carbonyl (C=O) groups excluding carboxylic acids is 6. The number of Topliss-reactive ketones (excluding diaryl/α,β-unsaturated/α-hetero) is 1. The Morgan fingerprint density at radius 3 is 2.06 bits per heavy atom. The fourth-order valence-corrected chi connectivity index (χ4v) is 9.11. The molecule has 2 aromatic rings. The first kappa shape index (κ1) is 54.8. The minimum atomic E-state index is -0.921. The number of hydrogen-bond acceptors (Lipinski definition) is 11. The SMILES string of the molecule is CC[C@H](C)[C@@H]([C@@H](CC(=O)N1CCC[C@H]1[C@H](OC)[C@@H](C)C(=O)N[C@@H](Cc1ccccc1)C(=O)OC)OC)N(C)C(=O)[C@@H](CC(=O)[C@H](C(C)C)N(C)C(=O)OCc1ccc(N=[N+]=[N-])cc1)C(C)C. The van der Waals surface area contributed by atoms with Crippen molar-refractivity contribution < 1.29 is 47.7 Å². The van der Waals surface area contributed by atoms with Gasteiger partial charge in [0.1, 0.15) is 12.6 Å². The number of rotatable bonds is 25. The van der Waals surface area contributed by atoms with E-state index in [1.165, 1.54) is 33.3 Å². The lowest BCUT2D eigenvalue weighted by molar-refractivity contribution is -0.150. The molecular weight excluding hydrogens is 847 g/mol. The van der Waals surface area contributed by atoms with Crippen molar-refractivity contribution in [3.05, 3.63) is 76.2 Å². The number of nitrogens with one attached hydrogen (secondary N) is 1. The number of methoxy groups -OCH3 is 3. The Hall–Kier alpha value is -5.51. The maximum atomic E-state index is 14.6. The van der Waals surface area contributed by atoms with E-state index in [2.05, 4.69) is 15.3 Å². The molecule has 9 atom stereocenters. The quantitative estimate of drug-likeness (QED) is 0.0456. The topological polar surface area (TPSA) is 210 Å². The van der Waals surface area contributed by atoms with Crippen molar-refractivity contribution in [2.24, 2.45) is 34.7 Å². The molecule has 0 aliphatic carbocycles. The average molecular weight is 920 g/mol. The maximum absolute atomic E-state index is 14.6. The van der Waals surface area contributed by atoms with Crippen molar-refractivity contribution in [2.75, 3.05) is 42.0 Å². The third-order valence-corrected chi connectivity index (χ3v) is 13.0. The predicted molar refractivity (Wildman–Crippen MR) is 250 cm³/mol. The van der Waals surface area contributed by atoms with E-state index in [1.807, 2.05) is 71.9 Å². The molecule has 0 radical (unpaired) electrons. The molecule has 1 N–H and O–H groups in total. The normalized spacial score (nSPS) is 17.3. The van der Waals surface area contributed by atoms with Crippen LogP contribution >= 0.6 is 0 Å². The molecule has 1 aliphatic rings. The molecule has 1 heterocycles. The van der Waals surface area contributed by atoms with Gasteiger partial charge in [0.05, 0.1) is 49.8 Å². The van der Waals surface area contributed by atoms with Crippen LogP contribution < -0.4 is 5.32 Å². The van der Waals surface area contributed by atoms with Gasteiger partial charge in [0, 0.05) is 64.2 Å². The van der Waals surface area contributed by atoms with Crippen LogP contribution in [0.2, 0.25) is 0 Å². The smallest absolute Gasteiger partial charge is 0.410 e. The van der Waals surface area contributed by atoms with E-state index in [1.54, 1.807) is 48.0 Å². The Morgan fingerprint density at radius 1 is 0.864 bits per heavy atom. The Labute approximate surface area is 390 Å². The molecule has 17 heteroatoms. The minimum absolute atomic E-state index is 0.0519. The van der Waals surface area contributed by atoms with Crippen molar-refractivity contribution in [1.29, 1.82) is 0 Å². The second-order valence-electron chi connectivity index (χ2n) is 18.1. The molecule has 0 unspecified atom stereocenters. The summed E-state index contributed by atoms with van der Waals surface area (Å²) in [6.07, 6.45) is -0.0830. The van der Waals surface area contributed by atoms with Gasteiger partial charge in [-0.2, -0.15) is 0 Å². The zero-order valence-corrected chi connectivity index (χ0v) is 41.0. The molecule has 1 aliphatic heterocycles. The molecular formula is C49H73N7O10. The third-order valence-electron chi connectivity index (χ3n) is 13.0. The molecule has 1 saturated heterocycles. The lowest BCUT2D eigenvalue weighted by atomic mass is 9.83. The molecule has 17 nitrogen and oxygen atoms in total. The molecule has 66 heavy (non-hydrogen) atoms. The monoisotopic (exact) mass is 920 g/mol. The summed E-state index contributed by atoms with van der Waals surface area (Å²) in [5.74, 6) is -3.88. The summed E-state index contributed by atoms with van der Waals surface area (Å²) >= 11 is 0. The Kier molecular flexibility index (Phi) is 22.1. The molecule has 2 aromatic carbocycles. The van der Waals surface area contributed by atoms with Crippen LogP contribution in [0.5, 0.6) is 0 Å². The van der Waals surface area contributed by atoms with Crippen LogP contribution in [0.4, 0.5) is 10.5 Å². The van der Waals surface area contributed by atoms with Crippen molar-refractivity contribution in [2.45, 2.75) is 130 Å². The van der Waals surface area contributed by atoms with Crippen LogP contribution in [0.15, 0.2) is 59.7 Å². The van der Waals surface area contributed by atoms with E-state index < -0.39 is 66.2 Å². The second kappa shape index (κ2) is 26.6. The van der Waals surface area contributed by atoms with E-state index in [4.69, 9.17) is 24.5 Å². The number of hydrogen-bond donors (Lipinski definition) is 1. The largest absolute Gasteiger partial charge is 0.467 e. The van der Waals surface area contributed by atoms with E-state index in [0.717, 1.165) is 5.56 Å². The molecule has 0 saturated carbocycles. The highest BCUT2D eigenvalue weighted by Crippen LogP contribution is 2.31. The van der Waals surface area contributed by atoms with Gasteiger partial charge in [-0.1, -0.05) is 115 Å². The number of amides is 4. The minimum Gasteiger partial charge on any atom is -0.467 e. The number of likely N-dealkylation sites (tertiary alicyclic amines) is 1. The molecule has 0 spiro atoms. The summed E-state index contributed by atoms with van der Waals surface area (Å²) < 4.78 is 22.6. The summed E-state index contributed by atoms with van der Waals surface area (Å²) in [6, 6.07) is 13.1. The van der Waals surface area contributed by atoms with Crippen LogP contribution in [-0.2, 0) is 55.9 Å². The van der Waals surface area contributed by atoms with E-state index >= 15 is 0 Å². The molecule has 3 rings (SSSR count). The Morgan fingerprint density at radius 2 is 1.52 bits per heavy atom. The number of nitrogens with zero attached hydrogens (tertiary/aromatic N) is 6. The van der Waals surface area contributed by atoms with E-state index in [9.17, 15) is 28.8 Å². The Bertz CT molecular complexity index is 1960. The number of carbonyl (C=O) groups is 6. The van der Waals surface area contributed by atoms with Gasteiger partial charge in [-0.05, 0) is 47.3 Å². The first-order valence-corrected chi connectivity index (χ1v) is 22.9. The highest BCUT2D eigenvalue weighted by Gasteiger charge is 2.44. The second-order valence-corrected chi connectivity index (χ2v) is 18.1. The van der Waals surface area contributed by atoms with Crippen molar-refractivity contribution in [3.8, 4) is 0 Å². The first-order valence-electron chi connectivity index (χ1n) is 22.9. The lowest BCUT2D eigenvalue weighted by Gasteiger charge is -2.41. The van der Waals surface area contributed by atoms with Gasteiger partial charge in [0.2, 0.25) is 17.7 Å². The summed E-state index contributed by atoms with van der Waals surface area (Å²) in [6.45, 7) is 13.5. The van der Waals surface area contributed by atoms with E-state index in [-0.39, 0.29) is 61.2 Å². The molecule has 1 fully saturated rings. The summed E-state index contributed by atoms with van der Waals surface area (Å²) in [4.78, 5) is 90.4. The zero-order chi connectivity index (χ0) is 49.2. The number of ether oxygens (including phenoxy) is 4. The van der Waals surface area contributed by atoms with E-state index in [0.29, 0.717) is 37.1 Å². The number of azide groups is 1. The summed E-state index contributed by atoms with van der Waals surface area (Å²) in [7, 11) is 7.51. The van der Waals surface area contributed by atoms with Gasteiger partial charge in [-0.15, -0.1) is 0 Å². The third kappa shape index (κ3) is 14.7.